The van der Waals surface area contributed by atoms with E-state index in [4.69, 9.17) is 12.2 Å². The zero-order chi connectivity index (χ0) is 14.0. The SMILES string of the molecule is C#CCn1c(CC)nc(-c2ccc(F)cc2Br)c1N. The van der Waals surface area contributed by atoms with E-state index in [-0.39, 0.29) is 5.82 Å². The summed E-state index contributed by atoms with van der Waals surface area (Å²) in [5.41, 5.74) is 7.47. The monoisotopic (exact) mass is 321 g/mol. The van der Waals surface area contributed by atoms with E-state index in [9.17, 15) is 4.39 Å². The number of benzene rings is 1. The zero-order valence-electron chi connectivity index (χ0n) is 10.5. The third kappa shape index (κ3) is 2.49. The van der Waals surface area contributed by atoms with Crippen LogP contribution in [0.3, 0.4) is 0 Å². The molecule has 0 aliphatic rings. The Labute approximate surface area is 119 Å². The van der Waals surface area contributed by atoms with Crippen LogP contribution in [0.1, 0.15) is 12.7 Å². The molecule has 0 saturated heterocycles. The van der Waals surface area contributed by atoms with Gasteiger partial charge in [0.2, 0.25) is 0 Å². The van der Waals surface area contributed by atoms with Gasteiger partial charge in [0.25, 0.3) is 0 Å². The molecular weight excluding hydrogens is 309 g/mol. The van der Waals surface area contributed by atoms with Crippen molar-refractivity contribution in [3.05, 3.63) is 34.3 Å². The molecule has 0 radical (unpaired) electrons. The number of aryl methyl sites for hydroxylation is 1. The van der Waals surface area contributed by atoms with Crippen LogP contribution in [0.4, 0.5) is 10.2 Å². The number of imidazole rings is 1. The smallest absolute Gasteiger partial charge is 0.132 e. The Hall–Kier alpha value is -1.80. The summed E-state index contributed by atoms with van der Waals surface area (Å²) < 4.78 is 15.5. The van der Waals surface area contributed by atoms with Gasteiger partial charge in [-0.3, -0.25) is 0 Å². The van der Waals surface area contributed by atoms with Crippen molar-refractivity contribution in [2.24, 2.45) is 0 Å². The van der Waals surface area contributed by atoms with Gasteiger partial charge >= 0.3 is 0 Å². The van der Waals surface area contributed by atoms with E-state index in [1.54, 1.807) is 10.6 Å². The molecule has 0 atom stereocenters. The number of nitrogen functional groups attached to an aromatic ring is 1. The summed E-state index contributed by atoms with van der Waals surface area (Å²) in [6.07, 6.45) is 6.06. The van der Waals surface area contributed by atoms with Crippen LogP contribution < -0.4 is 5.73 Å². The van der Waals surface area contributed by atoms with E-state index >= 15 is 0 Å². The summed E-state index contributed by atoms with van der Waals surface area (Å²) in [4.78, 5) is 4.50. The number of hydrogen-bond donors (Lipinski definition) is 1. The van der Waals surface area contributed by atoms with Crippen LogP contribution in [0.2, 0.25) is 0 Å². The molecule has 2 N–H and O–H groups in total. The Bertz CT molecular complexity index is 655. The Kier molecular flexibility index (Phi) is 3.91. The summed E-state index contributed by atoms with van der Waals surface area (Å²) in [5.74, 6) is 3.57. The van der Waals surface area contributed by atoms with Crippen LogP contribution in [0.15, 0.2) is 22.7 Å². The van der Waals surface area contributed by atoms with Crippen molar-refractivity contribution in [2.75, 3.05) is 5.73 Å². The van der Waals surface area contributed by atoms with Crippen LogP contribution in [0.5, 0.6) is 0 Å². The van der Waals surface area contributed by atoms with Gasteiger partial charge in [0.1, 0.15) is 23.2 Å². The molecule has 0 saturated carbocycles. The largest absolute Gasteiger partial charge is 0.383 e. The van der Waals surface area contributed by atoms with Gasteiger partial charge in [-0.1, -0.05) is 12.8 Å². The molecule has 19 heavy (non-hydrogen) atoms. The van der Waals surface area contributed by atoms with Gasteiger partial charge in [-0.2, -0.15) is 0 Å². The first kappa shape index (κ1) is 13.6. The van der Waals surface area contributed by atoms with E-state index in [0.29, 0.717) is 22.5 Å². The Balaban J connectivity index is 2.60. The highest BCUT2D eigenvalue weighted by Gasteiger charge is 2.16. The second kappa shape index (κ2) is 5.45. The number of anilines is 1. The lowest BCUT2D eigenvalue weighted by atomic mass is 10.1. The number of nitrogens with zero attached hydrogens (tertiary/aromatic N) is 2. The summed E-state index contributed by atoms with van der Waals surface area (Å²) in [6.45, 7) is 2.36. The van der Waals surface area contributed by atoms with Crippen LogP contribution in [-0.2, 0) is 13.0 Å². The maximum atomic E-state index is 13.1. The van der Waals surface area contributed by atoms with Gasteiger partial charge in [-0.25, -0.2) is 9.37 Å². The standard InChI is InChI=1S/C14H13BrFN3/c1-3-7-19-12(4-2)18-13(14(19)17)10-6-5-9(16)8-11(10)15/h1,5-6,8H,4,7,17H2,2H3. The zero-order valence-corrected chi connectivity index (χ0v) is 12.0. The predicted molar refractivity (Wildman–Crippen MR) is 77.9 cm³/mol. The lowest BCUT2D eigenvalue weighted by Gasteiger charge is -2.05. The van der Waals surface area contributed by atoms with E-state index in [1.807, 2.05) is 6.92 Å². The lowest BCUT2D eigenvalue weighted by molar-refractivity contribution is 0.627. The van der Waals surface area contributed by atoms with Gasteiger partial charge in [0.05, 0.1) is 6.54 Å². The summed E-state index contributed by atoms with van der Waals surface area (Å²) in [6, 6.07) is 4.42. The molecule has 2 aromatic rings. The van der Waals surface area contributed by atoms with E-state index in [0.717, 1.165) is 17.8 Å². The maximum Gasteiger partial charge on any atom is 0.132 e. The fourth-order valence-electron chi connectivity index (χ4n) is 1.93. The minimum absolute atomic E-state index is 0.312. The van der Waals surface area contributed by atoms with Crippen LogP contribution in [-0.4, -0.2) is 9.55 Å². The first-order valence-corrected chi connectivity index (χ1v) is 6.61. The maximum absolute atomic E-state index is 13.1. The summed E-state index contributed by atoms with van der Waals surface area (Å²) in [5, 5.41) is 0. The van der Waals surface area contributed by atoms with Gasteiger partial charge in [0.15, 0.2) is 0 Å². The molecule has 0 bridgehead atoms. The Morgan fingerprint density at radius 1 is 1.53 bits per heavy atom. The first-order valence-electron chi connectivity index (χ1n) is 5.82. The highest BCUT2D eigenvalue weighted by atomic mass is 79.9. The lowest BCUT2D eigenvalue weighted by Crippen LogP contribution is -2.05. The molecule has 0 aliphatic heterocycles. The molecule has 2 rings (SSSR count). The number of halogens is 2. The molecule has 1 aromatic heterocycles. The minimum Gasteiger partial charge on any atom is -0.383 e. The average molecular weight is 322 g/mol. The predicted octanol–water partition coefficient (Wildman–Crippen LogP) is 3.23. The summed E-state index contributed by atoms with van der Waals surface area (Å²) >= 11 is 3.33. The normalized spacial score (nSPS) is 10.4. The van der Waals surface area contributed by atoms with Crippen molar-refractivity contribution in [1.82, 2.24) is 9.55 Å². The first-order chi connectivity index (χ1) is 9.08. The van der Waals surface area contributed by atoms with Crippen molar-refractivity contribution in [3.63, 3.8) is 0 Å². The number of rotatable bonds is 3. The van der Waals surface area contributed by atoms with Crippen LogP contribution in [0, 0.1) is 18.2 Å². The van der Waals surface area contributed by atoms with Gasteiger partial charge in [-0.05, 0) is 34.1 Å². The molecule has 98 valence electrons. The fourth-order valence-corrected chi connectivity index (χ4v) is 2.47. The van der Waals surface area contributed by atoms with Crippen molar-refractivity contribution in [1.29, 1.82) is 0 Å². The molecule has 0 fully saturated rings. The Morgan fingerprint density at radius 3 is 2.84 bits per heavy atom. The molecule has 0 amide bonds. The number of aromatic nitrogens is 2. The quantitative estimate of drug-likeness (QED) is 0.882. The number of terminal acetylenes is 1. The van der Waals surface area contributed by atoms with E-state index < -0.39 is 0 Å². The second-order valence-electron chi connectivity index (χ2n) is 4.03. The molecule has 0 spiro atoms. The third-order valence-electron chi connectivity index (χ3n) is 2.84. The third-order valence-corrected chi connectivity index (χ3v) is 3.49. The molecule has 1 aromatic carbocycles. The topological polar surface area (TPSA) is 43.8 Å². The average Bonchev–Trinajstić information content (AvgIpc) is 2.68. The van der Waals surface area contributed by atoms with Crippen molar-refractivity contribution in [2.45, 2.75) is 19.9 Å². The van der Waals surface area contributed by atoms with Gasteiger partial charge in [0, 0.05) is 16.5 Å². The molecule has 3 nitrogen and oxygen atoms in total. The van der Waals surface area contributed by atoms with Crippen molar-refractivity contribution in [3.8, 4) is 23.6 Å². The minimum atomic E-state index is -0.312. The summed E-state index contributed by atoms with van der Waals surface area (Å²) in [7, 11) is 0. The Morgan fingerprint density at radius 2 is 2.26 bits per heavy atom. The van der Waals surface area contributed by atoms with Crippen LogP contribution in [0.25, 0.3) is 11.3 Å². The van der Waals surface area contributed by atoms with Gasteiger partial charge < -0.3 is 10.3 Å². The molecule has 0 unspecified atom stereocenters. The molecular formula is C14H13BrFN3. The van der Waals surface area contributed by atoms with E-state index in [2.05, 4.69) is 26.8 Å². The fraction of sp³-hybridized carbons (Fsp3) is 0.214. The molecule has 5 heteroatoms. The highest BCUT2D eigenvalue weighted by molar-refractivity contribution is 9.10. The highest BCUT2D eigenvalue weighted by Crippen LogP contribution is 2.32. The van der Waals surface area contributed by atoms with Crippen molar-refractivity contribution < 1.29 is 4.39 Å². The van der Waals surface area contributed by atoms with E-state index in [1.165, 1.54) is 12.1 Å². The van der Waals surface area contributed by atoms with Gasteiger partial charge in [-0.15, -0.1) is 6.42 Å². The molecule has 0 aliphatic carbocycles. The van der Waals surface area contributed by atoms with Crippen molar-refractivity contribution >= 4 is 21.7 Å². The van der Waals surface area contributed by atoms with Crippen LogP contribution >= 0.6 is 15.9 Å². The second-order valence-corrected chi connectivity index (χ2v) is 4.88. The molecule has 1 heterocycles. The number of hydrogen-bond acceptors (Lipinski definition) is 2. The number of nitrogens with two attached hydrogens (primary N) is 1.